The maximum absolute atomic E-state index is 6.59. The molecule has 0 aromatic heterocycles. The third kappa shape index (κ3) is 6.93. The number of nitrogens with zero attached hydrogens (tertiary/aromatic N) is 1. The Morgan fingerprint density at radius 2 is 0.974 bits per heavy atom. The summed E-state index contributed by atoms with van der Waals surface area (Å²) in [5, 5.41) is 0. The predicted molar refractivity (Wildman–Crippen MR) is 163 cm³/mol. The molecule has 3 aromatic carbocycles. The van der Waals surface area contributed by atoms with Crippen LogP contribution < -0.4 is 18.4 Å². The number of rotatable bonds is 13. The van der Waals surface area contributed by atoms with Crippen LogP contribution in [0.15, 0.2) is 48.5 Å². The van der Waals surface area contributed by atoms with Crippen LogP contribution in [0.3, 0.4) is 0 Å². The smallest absolute Gasteiger partial charge is 0.489 e. The summed E-state index contributed by atoms with van der Waals surface area (Å²) in [4.78, 5) is 0. The van der Waals surface area contributed by atoms with E-state index in [0.29, 0.717) is 0 Å². The Kier molecular flexibility index (Phi) is 10.3. The highest BCUT2D eigenvalue weighted by molar-refractivity contribution is 6.39. The molecule has 3 aromatic rings. The second-order valence-electron chi connectivity index (χ2n) is 10.9. The maximum atomic E-state index is 6.59. The molecule has 204 valence electrons. The summed E-state index contributed by atoms with van der Waals surface area (Å²) in [6.45, 7) is 22.9. The lowest BCUT2D eigenvalue weighted by molar-refractivity contribution is 0.268. The zero-order valence-electron chi connectivity index (χ0n) is 25.1. The SMILES string of the molecule is CCC[N+](CCC)(CCC)c1c(C)ccc(OB(Oc2ccc(C)cc2C)Oc2ccc(C)cc2C)c1C. The molecule has 0 spiro atoms. The van der Waals surface area contributed by atoms with Gasteiger partial charge in [0.15, 0.2) is 0 Å². The zero-order valence-corrected chi connectivity index (χ0v) is 25.1. The van der Waals surface area contributed by atoms with E-state index in [9.17, 15) is 0 Å². The van der Waals surface area contributed by atoms with E-state index in [1.807, 2.05) is 12.1 Å². The third-order valence-electron chi connectivity index (χ3n) is 7.34. The molecule has 4 nitrogen and oxygen atoms in total. The molecule has 0 fully saturated rings. The van der Waals surface area contributed by atoms with E-state index in [1.165, 1.54) is 27.9 Å². The standard InChI is InChI=1S/C33H47BNO3/c1-10-19-35(20-11-2,21-12-3)33-26(6)15-18-32(29(33)9)38-34(36-30-16-13-24(4)22-27(30)7)37-31-17-14-25(5)23-28(31)8/h13-18,22-23H,10-12,19-21H2,1-9H3/q+1. The predicted octanol–water partition coefficient (Wildman–Crippen LogP) is 8.60. The first kappa shape index (κ1) is 29.6. The normalized spacial score (nSPS) is 11.4. The van der Waals surface area contributed by atoms with Crippen LogP contribution in [-0.4, -0.2) is 27.0 Å². The second kappa shape index (κ2) is 13.2. The van der Waals surface area contributed by atoms with E-state index >= 15 is 0 Å². The molecular formula is C33H47BNO3+. The van der Waals surface area contributed by atoms with Gasteiger partial charge >= 0.3 is 7.32 Å². The van der Waals surface area contributed by atoms with E-state index in [1.54, 1.807) is 0 Å². The summed E-state index contributed by atoms with van der Waals surface area (Å²) >= 11 is 0. The highest BCUT2D eigenvalue weighted by Crippen LogP contribution is 2.38. The van der Waals surface area contributed by atoms with Crippen molar-refractivity contribution in [2.45, 2.75) is 81.6 Å². The van der Waals surface area contributed by atoms with Crippen molar-refractivity contribution >= 4 is 13.0 Å². The highest BCUT2D eigenvalue weighted by atomic mass is 16.7. The molecule has 0 saturated carbocycles. The summed E-state index contributed by atoms with van der Waals surface area (Å²) in [5.74, 6) is 2.31. The van der Waals surface area contributed by atoms with E-state index in [4.69, 9.17) is 14.0 Å². The maximum Gasteiger partial charge on any atom is 0.864 e. The minimum Gasteiger partial charge on any atom is -0.489 e. The van der Waals surface area contributed by atoms with Gasteiger partial charge in [-0.05, 0) is 96.2 Å². The number of quaternary nitrogens is 1. The molecule has 3 rings (SSSR count). The first-order valence-electron chi connectivity index (χ1n) is 14.2. The topological polar surface area (TPSA) is 27.7 Å². The van der Waals surface area contributed by atoms with Gasteiger partial charge in [0, 0.05) is 5.56 Å². The lowest BCUT2D eigenvalue weighted by Crippen LogP contribution is -2.52. The van der Waals surface area contributed by atoms with Gasteiger partial charge in [0.1, 0.15) is 22.9 Å². The number of hydrogen-bond acceptors (Lipinski definition) is 3. The van der Waals surface area contributed by atoms with Crippen molar-refractivity contribution in [3.63, 3.8) is 0 Å². The molecule has 5 heteroatoms. The lowest BCUT2D eigenvalue weighted by atomic mass is 10.0. The Morgan fingerprint density at radius 3 is 1.39 bits per heavy atom. The van der Waals surface area contributed by atoms with Crippen LogP contribution >= 0.6 is 0 Å². The average Bonchev–Trinajstić information content (AvgIpc) is 2.85. The van der Waals surface area contributed by atoms with Gasteiger partial charge in [-0.2, -0.15) is 0 Å². The summed E-state index contributed by atoms with van der Waals surface area (Å²) in [7, 11) is -0.933. The minimum atomic E-state index is -0.933. The molecule has 0 saturated heterocycles. The molecule has 0 amide bonds. The average molecular weight is 517 g/mol. The molecule has 0 bridgehead atoms. The fraction of sp³-hybridized carbons (Fsp3) is 0.455. The molecule has 0 atom stereocenters. The molecule has 0 heterocycles. The molecule has 0 radical (unpaired) electrons. The monoisotopic (exact) mass is 516 g/mol. The second-order valence-corrected chi connectivity index (χ2v) is 10.9. The van der Waals surface area contributed by atoms with Crippen molar-refractivity contribution in [2.24, 2.45) is 0 Å². The van der Waals surface area contributed by atoms with Crippen LogP contribution in [0.5, 0.6) is 17.2 Å². The van der Waals surface area contributed by atoms with Crippen molar-refractivity contribution in [2.75, 3.05) is 19.6 Å². The van der Waals surface area contributed by atoms with Crippen LogP contribution in [0.2, 0.25) is 0 Å². The Hall–Kier alpha value is -2.92. The zero-order chi connectivity index (χ0) is 27.9. The fourth-order valence-corrected chi connectivity index (χ4v) is 5.88. The van der Waals surface area contributed by atoms with Crippen molar-refractivity contribution in [3.8, 4) is 17.2 Å². The number of aryl methyl sites for hydroxylation is 5. The summed E-state index contributed by atoms with van der Waals surface area (Å²) in [6, 6.07) is 16.6. The van der Waals surface area contributed by atoms with E-state index in [-0.39, 0.29) is 0 Å². The quantitative estimate of drug-likeness (QED) is 0.168. The van der Waals surface area contributed by atoms with Crippen molar-refractivity contribution in [1.82, 2.24) is 4.48 Å². The molecule has 0 aliphatic rings. The van der Waals surface area contributed by atoms with Gasteiger partial charge in [-0.1, -0.05) is 56.2 Å². The van der Waals surface area contributed by atoms with E-state index in [2.05, 4.69) is 98.7 Å². The molecule has 38 heavy (non-hydrogen) atoms. The van der Waals surface area contributed by atoms with Crippen molar-refractivity contribution < 1.29 is 14.0 Å². The summed E-state index contributed by atoms with van der Waals surface area (Å²) in [5.41, 5.74) is 8.34. The Bertz CT molecular complexity index is 1150. The largest absolute Gasteiger partial charge is 0.864 e. The van der Waals surface area contributed by atoms with Gasteiger partial charge in [0.2, 0.25) is 0 Å². The minimum absolute atomic E-state index is 0.753. The van der Waals surface area contributed by atoms with Crippen LogP contribution in [0.25, 0.3) is 0 Å². The van der Waals surface area contributed by atoms with Gasteiger partial charge in [0.05, 0.1) is 25.2 Å². The molecule has 0 aliphatic carbocycles. The first-order valence-corrected chi connectivity index (χ1v) is 14.2. The molecule has 0 aliphatic heterocycles. The first-order chi connectivity index (χ1) is 18.1. The van der Waals surface area contributed by atoms with Crippen LogP contribution in [-0.2, 0) is 0 Å². The van der Waals surface area contributed by atoms with Crippen LogP contribution in [0, 0.1) is 41.5 Å². The number of benzene rings is 3. The van der Waals surface area contributed by atoms with Crippen molar-refractivity contribution in [3.05, 3.63) is 81.9 Å². The third-order valence-corrected chi connectivity index (χ3v) is 7.34. The molecule has 0 N–H and O–H groups in total. The number of hydrogen-bond donors (Lipinski definition) is 0. The van der Waals surface area contributed by atoms with Gasteiger partial charge in [-0.15, -0.1) is 0 Å². The van der Waals surface area contributed by atoms with Gasteiger partial charge in [-0.3, -0.25) is 4.48 Å². The van der Waals surface area contributed by atoms with Crippen LogP contribution in [0.1, 0.15) is 73.4 Å². The molecular weight excluding hydrogens is 469 g/mol. The van der Waals surface area contributed by atoms with Crippen LogP contribution in [0.4, 0.5) is 5.69 Å². The summed E-state index contributed by atoms with van der Waals surface area (Å²) in [6.07, 6.45) is 3.41. The van der Waals surface area contributed by atoms with Gasteiger partial charge in [0.25, 0.3) is 0 Å². The summed E-state index contributed by atoms with van der Waals surface area (Å²) < 4.78 is 20.4. The van der Waals surface area contributed by atoms with Gasteiger partial charge in [-0.25, -0.2) is 0 Å². The van der Waals surface area contributed by atoms with E-state index in [0.717, 1.165) is 71.8 Å². The van der Waals surface area contributed by atoms with Crippen molar-refractivity contribution in [1.29, 1.82) is 0 Å². The van der Waals surface area contributed by atoms with Gasteiger partial charge < -0.3 is 14.0 Å². The lowest BCUT2D eigenvalue weighted by Gasteiger charge is -2.40. The highest BCUT2D eigenvalue weighted by Gasteiger charge is 2.36. The van der Waals surface area contributed by atoms with E-state index < -0.39 is 7.32 Å². The Balaban J connectivity index is 2.06. The Morgan fingerprint density at radius 1 is 0.553 bits per heavy atom. The molecule has 0 unspecified atom stereocenters. The fourth-order valence-electron chi connectivity index (χ4n) is 5.88. The Labute approximate surface area is 231 Å².